The van der Waals surface area contributed by atoms with Crippen LogP contribution in [0.5, 0.6) is 11.5 Å². The molecule has 0 atom stereocenters. The van der Waals surface area contributed by atoms with Crippen LogP contribution in [0, 0.1) is 0 Å². The Hall–Kier alpha value is -0.146. The van der Waals surface area contributed by atoms with Gasteiger partial charge in [-0.3, -0.25) is 0 Å². The topological polar surface area (TPSA) is 18.5 Å². The molecule has 1 aromatic rings. The van der Waals surface area contributed by atoms with Crippen molar-refractivity contribution in [2.24, 2.45) is 0 Å². The second-order valence-electron chi connectivity index (χ2n) is 3.04. The second kappa shape index (κ2) is 7.23. The van der Waals surface area contributed by atoms with Gasteiger partial charge in [0.05, 0.1) is 14.2 Å². The maximum absolute atomic E-state index is 5.26. The standard InChI is InChI=1S/C11H12O2.2ClH.Ti/c1-12-10-6-7-11(13-2)9-5-3-4-8(9)10;;;/h3-4,6-7H,5H2,1-2H3;2*1H;/q;;;+2/p-2. The van der Waals surface area contributed by atoms with E-state index in [0.717, 1.165) is 23.5 Å². The van der Waals surface area contributed by atoms with Gasteiger partial charge in [0.1, 0.15) is 11.5 Å². The Morgan fingerprint density at radius 2 is 1.69 bits per heavy atom. The quantitative estimate of drug-likeness (QED) is 0.775. The molecule has 0 bridgehead atoms. The minimum atomic E-state index is -0.556. The number of methoxy groups -OCH3 is 2. The zero-order valence-corrected chi connectivity index (χ0v) is 12.2. The summed E-state index contributed by atoms with van der Waals surface area (Å²) in [5.74, 6) is 1.87. The van der Waals surface area contributed by atoms with Crippen LogP contribution >= 0.6 is 18.6 Å². The second-order valence-corrected chi connectivity index (χ2v) is 5.62. The Labute approximate surface area is 112 Å². The summed E-state index contributed by atoms with van der Waals surface area (Å²) in [7, 11) is 13.2. The van der Waals surface area contributed by atoms with Crippen LogP contribution in [0.3, 0.4) is 0 Å². The maximum atomic E-state index is 5.26. The third-order valence-electron chi connectivity index (χ3n) is 2.32. The first-order valence-electron chi connectivity index (χ1n) is 4.65. The number of allylic oxidation sites excluding steroid dienone is 1. The minimum absolute atomic E-state index is 0.556. The van der Waals surface area contributed by atoms with Crippen molar-refractivity contribution >= 4 is 24.7 Å². The monoisotopic (exact) mass is 294 g/mol. The Morgan fingerprint density at radius 3 is 2.25 bits per heavy atom. The van der Waals surface area contributed by atoms with Gasteiger partial charge in [0.15, 0.2) is 0 Å². The molecule has 0 aliphatic heterocycles. The van der Waals surface area contributed by atoms with Gasteiger partial charge in [-0.05, 0) is 18.6 Å². The van der Waals surface area contributed by atoms with E-state index in [2.05, 4.69) is 12.2 Å². The molecule has 0 radical (unpaired) electrons. The van der Waals surface area contributed by atoms with Gasteiger partial charge in [0, 0.05) is 11.1 Å². The molecule has 1 aliphatic carbocycles. The van der Waals surface area contributed by atoms with Crippen molar-refractivity contribution in [1.82, 2.24) is 0 Å². The molecule has 86 valence electrons. The van der Waals surface area contributed by atoms with Crippen molar-refractivity contribution in [3.8, 4) is 11.5 Å². The van der Waals surface area contributed by atoms with E-state index in [0.29, 0.717) is 0 Å². The number of hydrogen-bond acceptors (Lipinski definition) is 2. The van der Waals surface area contributed by atoms with E-state index < -0.39 is 17.0 Å². The van der Waals surface area contributed by atoms with E-state index in [1.54, 1.807) is 14.2 Å². The zero-order valence-electron chi connectivity index (χ0n) is 9.09. The van der Waals surface area contributed by atoms with Crippen LogP contribution in [0.1, 0.15) is 11.1 Å². The van der Waals surface area contributed by atoms with Crippen molar-refractivity contribution in [3.63, 3.8) is 0 Å². The van der Waals surface area contributed by atoms with E-state index in [1.165, 1.54) is 5.56 Å². The van der Waals surface area contributed by atoms with Crippen LogP contribution in [0.15, 0.2) is 18.2 Å². The third-order valence-corrected chi connectivity index (χ3v) is 2.32. The molecule has 0 unspecified atom stereocenters. The Morgan fingerprint density at radius 1 is 1.12 bits per heavy atom. The predicted molar refractivity (Wildman–Crippen MR) is 64.0 cm³/mol. The van der Waals surface area contributed by atoms with Gasteiger partial charge in [-0.15, -0.1) is 0 Å². The summed E-state index contributed by atoms with van der Waals surface area (Å²) in [6, 6.07) is 3.89. The molecule has 0 spiro atoms. The summed E-state index contributed by atoms with van der Waals surface area (Å²) in [4.78, 5) is 0. The Kier molecular flexibility index (Phi) is 6.29. The molecule has 0 aromatic heterocycles. The molecule has 0 amide bonds. The van der Waals surface area contributed by atoms with Crippen LogP contribution < -0.4 is 9.47 Å². The van der Waals surface area contributed by atoms with E-state index in [1.807, 2.05) is 12.1 Å². The number of halogens is 2. The van der Waals surface area contributed by atoms with Gasteiger partial charge in [0.2, 0.25) is 0 Å². The van der Waals surface area contributed by atoms with Gasteiger partial charge in [-0.2, -0.15) is 0 Å². The summed E-state index contributed by atoms with van der Waals surface area (Å²) >= 11 is -0.556. The van der Waals surface area contributed by atoms with E-state index in [9.17, 15) is 0 Å². The molecule has 0 saturated carbocycles. The van der Waals surface area contributed by atoms with Crippen molar-refractivity contribution in [3.05, 3.63) is 29.3 Å². The van der Waals surface area contributed by atoms with Crippen LogP contribution in [0.25, 0.3) is 6.08 Å². The first kappa shape index (κ1) is 13.9. The van der Waals surface area contributed by atoms with Crippen molar-refractivity contribution in [1.29, 1.82) is 0 Å². The number of hydrogen-bond donors (Lipinski definition) is 0. The fourth-order valence-electron chi connectivity index (χ4n) is 1.68. The van der Waals surface area contributed by atoms with Crippen molar-refractivity contribution < 1.29 is 26.5 Å². The number of fused-ring (bicyclic) bond motifs is 1. The summed E-state index contributed by atoms with van der Waals surface area (Å²) in [5, 5.41) is 0. The summed E-state index contributed by atoms with van der Waals surface area (Å²) in [5.41, 5.74) is 2.38. The van der Waals surface area contributed by atoms with Gasteiger partial charge in [-0.25, -0.2) is 0 Å². The SMILES string of the molecule is COc1ccc(OC)c2c1C=CC2.[Cl][Ti][Cl]. The summed E-state index contributed by atoms with van der Waals surface area (Å²) < 4.78 is 10.5. The third kappa shape index (κ3) is 3.17. The molecule has 0 fully saturated rings. The number of rotatable bonds is 2. The van der Waals surface area contributed by atoms with Crippen molar-refractivity contribution in [2.75, 3.05) is 14.2 Å². The molecule has 2 nitrogen and oxygen atoms in total. The van der Waals surface area contributed by atoms with Crippen LogP contribution in [-0.4, -0.2) is 14.2 Å². The zero-order chi connectivity index (χ0) is 12.0. The van der Waals surface area contributed by atoms with Crippen LogP contribution in [0.4, 0.5) is 0 Å². The summed E-state index contributed by atoms with van der Waals surface area (Å²) in [6.07, 6.45) is 5.14. The van der Waals surface area contributed by atoms with Gasteiger partial charge >= 0.3 is 35.6 Å². The van der Waals surface area contributed by atoms with Gasteiger partial charge in [0.25, 0.3) is 0 Å². The van der Waals surface area contributed by atoms with E-state index in [4.69, 9.17) is 28.1 Å². The van der Waals surface area contributed by atoms with Crippen molar-refractivity contribution in [2.45, 2.75) is 6.42 Å². The summed E-state index contributed by atoms with van der Waals surface area (Å²) in [6.45, 7) is 0. The average molecular weight is 295 g/mol. The molecule has 1 aromatic carbocycles. The molecular formula is C11H12Cl2O2Ti. The van der Waals surface area contributed by atoms with Crippen LogP contribution in [0.2, 0.25) is 0 Å². The molecule has 0 N–H and O–H groups in total. The number of benzene rings is 1. The Balaban J connectivity index is 0.000000386. The first-order valence-corrected chi connectivity index (χ1v) is 8.94. The Bertz CT molecular complexity index is 380. The average Bonchev–Trinajstić information content (AvgIpc) is 2.77. The normalized spacial score (nSPS) is 11.2. The van der Waals surface area contributed by atoms with Crippen LogP contribution in [-0.2, 0) is 23.5 Å². The predicted octanol–water partition coefficient (Wildman–Crippen LogP) is 3.65. The molecule has 0 saturated heterocycles. The van der Waals surface area contributed by atoms with Gasteiger partial charge in [-0.1, -0.05) is 12.2 Å². The molecule has 16 heavy (non-hydrogen) atoms. The molecule has 5 heteroatoms. The fourth-order valence-corrected chi connectivity index (χ4v) is 1.68. The molecule has 0 heterocycles. The molecule has 2 rings (SSSR count). The fraction of sp³-hybridized carbons (Fsp3) is 0.273. The van der Waals surface area contributed by atoms with E-state index >= 15 is 0 Å². The van der Waals surface area contributed by atoms with Gasteiger partial charge < -0.3 is 9.47 Å². The molecular weight excluding hydrogens is 283 g/mol. The molecule has 1 aliphatic rings. The first-order chi connectivity index (χ1) is 7.78. The number of ether oxygens (including phenoxy) is 2. The van der Waals surface area contributed by atoms with E-state index in [-0.39, 0.29) is 0 Å².